The molecule has 1 saturated carbocycles. The summed E-state index contributed by atoms with van der Waals surface area (Å²) < 4.78 is 16.5. The number of methoxy groups -OCH3 is 1. The summed E-state index contributed by atoms with van der Waals surface area (Å²) in [5.41, 5.74) is -0.220. The Hall–Kier alpha value is -1.38. The van der Waals surface area contributed by atoms with Gasteiger partial charge in [0.05, 0.1) is 18.8 Å². The van der Waals surface area contributed by atoms with Crippen LogP contribution in [0.5, 0.6) is 0 Å². The zero-order chi connectivity index (χ0) is 20.9. The van der Waals surface area contributed by atoms with Gasteiger partial charge in [0.2, 0.25) is 5.91 Å². The number of rotatable bonds is 8. The highest BCUT2D eigenvalue weighted by Gasteiger charge is 2.46. The minimum Gasteiger partial charge on any atom is -0.382 e. The summed E-state index contributed by atoms with van der Waals surface area (Å²) in [5.74, 6) is 0.0271. The fourth-order valence-electron chi connectivity index (χ4n) is 4.45. The summed E-state index contributed by atoms with van der Waals surface area (Å²) in [4.78, 5) is 29.1. The molecule has 0 aromatic heterocycles. The SMILES string of the molecule is COCCOCC(=O)N1CCC2(CC1)CC(N(C(=O)NC(C)C)C1CC1)CCO2. The van der Waals surface area contributed by atoms with Crippen molar-refractivity contribution in [3.63, 3.8) is 0 Å². The van der Waals surface area contributed by atoms with E-state index in [2.05, 4.69) is 10.2 Å². The van der Waals surface area contributed by atoms with E-state index >= 15 is 0 Å². The summed E-state index contributed by atoms with van der Waals surface area (Å²) in [6, 6.07) is 0.790. The number of likely N-dealkylation sites (tertiary alicyclic amines) is 1. The van der Waals surface area contributed by atoms with Crippen molar-refractivity contribution in [2.24, 2.45) is 0 Å². The van der Waals surface area contributed by atoms with Gasteiger partial charge in [0, 0.05) is 44.9 Å². The molecule has 0 aromatic rings. The first-order valence-electron chi connectivity index (χ1n) is 11.0. The van der Waals surface area contributed by atoms with Crippen molar-refractivity contribution >= 4 is 11.9 Å². The first-order valence-corrected chi connectivity index (χ1v) is 11.0. The van der Waals surface area contributed by atoms with Crippen molar-refractivity contribution in [2.75, 3.05) is 46.6 Å². The molecule has 1 atom stereocenters. The molecule has 3 amide bonds. The highest BCUT2D eigenvalue weighted by atomic mass is 16.5. The smallest absolute Gasteiger partial charge is 0.318 e. The van der Waals surface area contributed by atoms with Crippen LogP contribution in [0.2, 0.25) is 0 Å². The topological polar surface area (TPSA) is 80.3 Å². The second-order valence-corrected chi connectivity index (χ2v) is 8.85. The number of ether oxygens (including phenoxy) is 3. The van der Waals surface area contributed by atoms with Gasteiger partial charge < -0.3 is 29.3 Å². The molecule has 2 aliphatic heterocycles. The van der Waals surface area contributed by atoms with Gasteiger partial charge in [0.25, 0.3) is 0 Å². The maximum atomic E-state index is 12.8. The second-order valence-electron chi connectivity index (χ2n) is 8.85. The van der Waals surface area contributed by atoms with Crippen LogP contribution in [0.3, 0.4) is 0 Å². The van der Waals surface area contributed by atoms with Crippen LogP contribution in [0, 0.1) is 0 Å². The molecule has 0 bridgehead atoms. The van der Waals surface area contributed by atoms with Gasteiger partial charge in [-0.05, 0) is 52.4 Å². The number of hydrogen-bond donors (Lipinski definition) is 1. The Morgan fingerprint density at radius 2 is 1.90 bits per heavy atom. The molecule has 0 aromatic carbocycles. The average Bonchev–Trinajstić information content (AvgIpc) is 3.50. The lowest BCUT2D eigenvalue weighted by Crippen LogP contribution is -2.57. The van der Waals surface area contributed by atoms with Crippen LogP contribution < -0.4 is 5.32 Å². The molecule has 166 valence electrons. The molecule has 3 rings (SSSR count). The number of urea groups is 1. The zero-order valence-electron chi connectivity index (χ0n) is 18.2. The molecule has 2 saturated heterocycles. The minimum atomic E-state index is -0.220. The van der Waals surface area contributed by atoms with Crippen LogP contribution in [-0.4, -0.2) is 92.1 Å². The Balaban J connectivity index is 1.52. The third-order valence-electron chi connectivity index (χ3n) is 6.13. The van der Waals surface area contributed by atoms with Gasteiger partial charge in [-0.2, -0.15) is 0 Å². The van der Waals surface area contributed by atoms with E-state index in [1.54, 1.807) is 7.11 Å². The average molecular weight is 412 g/mol. The largest absolute Gasteiger partial charge is 0.382 e. The fourth-order valence-corrected chi connectivity index (χ4v) is 4.45. The van der Waals surface area contributed by atoms with Crippen LogP contribution >= 0.6 is 0 Å². The van der Waals surface area contributed by atoms with E-state index in [4.69, 9.17) is 14.2 Å². The Morgan fingerprint density at radius 3 is 2.52 bits per heavy atom. The fraction of sp³-hybridized carbons (Fsp3) is 0.905. The molecule has 3 aliphatic rings. The molecule has 1 aliphatic carbocycles. The van der Waals surface area contributed by atoms with E-state index in [0.717, 1.165) is 38.5 Å². The van der Waals surface area contributed by atoms with E-state index in [0.29, 0.717) is 39.0 Å². The Bertz CT molecular complexity index is 559. The quantitative estimate of drug-likeness (QED) is 0.616. The van der Waals surface area contributed by atoms with Crippen molar-refractivity contribution in [1.29, 1.82) is 0 Å². The second kappa shape index (κ2) is 10.1. The van der Waals surface area contributed by atoms with Crippen LogP contribution in [0.1, 0.15) is 52.4 Å². The van der Waals surface area contributed by atoms with E-state index < -0.39 is 0 Å². The predicted molar refractivity (Wildman–Crippen MR) is 109 cm³/mol. The van der Waals surface area contributed by atoms with Crippen molar-refractivity contribution in [2.45, 2.75) is 76.1 Å². The maximum absolute atomic E-state index is 12.8. The van der Waals surface area contributed by atoms with Gasteiger partial charge in [-0.15, -0.1) is 0 Å². The number of carbonyl (C=O) groups is 2. The lowest BCUT2D eigenvalue weighted by Gasteiger charge is -2.48. The highest BCUT2D eigenvalue weighted by molar-refractivity contribution is 5.77. The zero-order valence-corrected chi connectivity index (χ0v) is 18.2. The van der Waals surface area contributed by atoms with Crippen molar-refractivity contribution in [3.8, 4) is 0 Å². The van der Waals surface area contributed by atoms with Crippen molar-refractivity contribution < 1.29 is 23.8 Å². The van der Waals surface area contributed by atoms with Gasteiger partial charge in [0.15, 0.2) is 0 Å². The van der Waals surface area contributed by atoms with Crippen molar-refractivity contribution in [3.05, 3.63) is 0 Å². The van der Waals surface area contributed by atoms with Gasteiger partial charge in [0.1, 0.15) is 6.61 Å². The summed E-state index contributed by atoms with van der Waals surface area (Å²) in [5, 5.41) is 3.07. The lowest BCUT2D eigenvalue weighted by atomic mass is 9.81. The van der Waals surface area contributed by atoms with Gasteiger partial charge in [-0.25, -0.2) is 4.79 Å². The maximum Gasteiger partial charge on any atom is 0.318 e. The third-order valence-corrected chi connectivity index (χ3v) is 6.13. The third kappa shape index (κ3) is 6.06. The number of nitrogens with one attached hydrogen (secondary N) is 1. The number of nitrogens with zero attached hydrogens (tertiary/aromatic N) is 2. The number of amides is 3. The van der Waals surface area contributed by atoms with Crippen LogP contribution in [0.25, 0.3) is 0 Å². The van der Waals surface area contributed by atoms with E-state index in [1.165, 1.54) is 0 Å². The molecule has 2 heterocycles. The summed E-state index contributed by atoms with van der Waals surface area (Å²) in [6.07, 6.45) is 5.58. The number of hydrogen-bond acceptors (Lipinski definition) is 5. The molecular formula is C21H37N3O5. The summed E-state index contributed by atoms with van der Waals surface area (Å²) in [6.45, 7) is 7.07. The summed E-state index contributed by atoms with van der Waals surface area (Å²) in [7, 11) is 1.61. The first-order chi connectivity index (χ1) is 13.9. The summed E-state index contributed by atoms with van der Waals surface area (Å²) >= 11 is 0. The number of piperidine rings is 1. The molecule has 1 unspecified atom stereocenters. The monoisotopic (exact) mass is 411 g/mol. The highest BCUT2D eigenvalue weighted by Crippen LogP contribution is 2.40. The molecule has 3 fully saturated rings. The molecule has 1 spiro atoms. The van der Waals surface area contributed by atoms with E-state index in [1.807, 2.05) is 18.7 Å². The van der Waals surface area contributed by atoms with E-state index in [9.17, 15) is 9.59 Å². The van der Waals surface area contributed by atoms with Gasteiger partial charge in [-0.3, -0.25) is 4.79 Å². The molecular weight excluding hydrogens is 374 g/mol. The van der Waals surface area contributed by atoms with Crippen molar-refractivity contribution in [1.82, 2.24) is 15.1 Å². The van der Waals surface area contributed by atoms with Crippen LogP contribution in [0.15, 0.2) is 0 Å². The lowest BCUT2D eigenvalue weighted by molar-refractivity contribution is -0.151. The molecule has 8 nitrogen and oxygen atoms in total. The van der Waals surface area contributed by atoms with Gasteiger partial charge in [-0.1, -0.05) is 0 Å². The van der Waals surface area contributed by atoms with E-state index in [-0.39, 0.29) is 36.2 Å². The molecule has 0 radical (unpaired) electrons. The van der Waals surface area contributed by atoms with Crippen LogP contribution in [0.4, 0.5) is 4.79 Å². The molecule has 29 heavy (non-hydrogen) atoms. The standard InChI is InChI=1S/C21H37N3O5/c1-16(2)22-20(26)24(17-4-5-17)18-6-11-29-21(14-18)7-9-23(10-8-21)19(25)15-28-13-12-27-3/h16-18H,4-15H2,1-3H3,(H,22,26). The van der Waals surface area contributed by atoms with Crippen LogP contribution in [-0.2, 0) is 19.0 Å². The Labute approximate surface area is 174 Å². The minimum absolute atomic E-state index is 0.0271. The Kier molecular flexibility index (Phi) is 7.76. The molecule has 1 N–H and O–H groups in total. The Morgan fingerprint density at radius 1 is 1.17 bits per heavy atom. The van der Waals surface area contributed by atoms with Gasteiger partial charge >= 0.3 is 6.03 Å². The molecule has 8 heteroatoms. The normalized spacial score (nSPS) is 24.0. The number of carbonyl (C=O) groups excluding carboxylic acids is 2. The first kappa shape index (κ1) is 22.3. The predicted octanol–water partition coefficient (Wildman–Crippen LogP) is 1.77.